The molecule has 1 aromatic heterocycles. The molecule has 3 N–H and O–H groups in total. The van der Waals surface area contributed by atoms with E-state index in [0.717, 1.165) is 5.69 Å². The zero-order valence-corrected chi connectivity index (χ0v) is 18.1. The largest absolute Gasteiger partial charge is 0.345 e. The van der Waals surface area contributed by atoms with E-state index >= 15 is 0 Å². The quantitative estimate of drug-likeness (QED) is 0.718. The van der Waals surface area contributed by atoms with Crippen LogP contribution >= 0.6 is 24.8 Å². The van der Waals surface area contributed by atoms with Gasteiger partial charge in [-0.3, -0.25) is 4.79 Å². The summed E-state index contributed by atoms with van der Waals surface area (Å²) in [6, 6.07) is 5.89. The maximum absolute atomic E-state index is 12.6. The molecule has 2 heterocycles. The molecule has 0 saturated carbocycles. The molecule has 0 radical (unpaired) electrons. The summed E-state index contributed by atoms with van der Waals surface area (Å²) in [7, 11) is -1.89. The normalized spacial score (nSPS) is 16.9. The van der Waals surface area contributed by atoms with E-state index < -0.39 is 10.0 Å². The van der Waals surface area contributed by atoms with E-state index in [-0.39, 0.29) is 41.7 Å². The molecule has 0 bridgehead atoms. The number of H-pyrrole nitrogens is 1. The maximum Gasteiger partial charge on any atom is 0.254 e. The first-order valence-corrected chi connectivity index (χ1v) is 9.83. The number of imidazole rings is 1. The molecule has 1 unspecified atom stereocenters. The number of aryl methyl sites for hydroxylation is 1. The van der Waals surface area contributed by atoms with E-state index in [1.807, 2.05) is 6.92 Å². The van der Waals surface area contributed by atoms with Crippen LogP contribution in [0.25, 0.3) is 0 Å². The van der Waals surface area contributed by atoms with Crippen LogP contribution in [-0.2, 0) is 16.6 Å². The van der Waals surface area contributed by atoms with Gasteiger partial charge >= 0.3 is 0 Å². The van der Waals surface area contributed by atoms with Gasteiger partial charge in [0.2, 0.25) is 10.0 Å². The standard InChI is InChI=1S/C17H23N5O3S.2ClH/c1-12-9-19-16(20-12)11-21(2)17(23)13-3-5-15(6-4-13)26(24,25)22-8-7-14(18)10-22;;/h3-6,9,14H,7-8,10-11,18H2,1-2H3,(H,19,20);2*1H. The van der Waals surface area contributed by atoms with Gasteiger partial charge in [0.1, 0.15) is 5.82 Å². The van der Waals surface area contributed by atoms with E-state index in [1.165, 1.54) is 33.5 Å². The first-order valence-electron chi connectivity index (χ1n) is 8.39. The minimum atomic E-state index is -3.57. The average molecular weight is 450 g/mol. The number of amides is 1. The van der Waals surface area contributed by atoms with Gasteiger partial charge in [-0.05, 0) is 37.6 Å². The summed E-state index contributed by atoms with van der Waals surface area (Å²) in [5.74, 6) is 0.495. The molecule has 1 amide bonds. The summed E-state index contributed by atoms with van der Waals surface area (Å²) in [6.45, 7) is 2.99. The molecule has 1 aliphatic heterocycles. The van der Waals surface area contributed by atoms with Crippen LogP contribution in [0, 0.1) is 6.92 Å². The minimum absolute atomic E-state index is 0. The first kappa shape index (κ1) is 24.4. The number of nitrogens with two attached hydrogens (primary N) is 1. The molecule has 0 spiro atoms. The molecular weight excluding hydrogens is 425 g/mol. The van der Waals surface area contributed by atoms with Crippen LogP contribution in [-0.4, -0.2) is 59.7 Å². The third-order valence-electron chi connectivity index (χ3n) is 4.42. The fraction of sp³-hybridized carbons (Fsp3) is 0.412. The highest BCUT2D eigenvalue weighted by molar-refractivity contribution is 7.89. The van der Waals surface area contributed by atoms with Crippen molar-refractivity contribution < 1.29 is 13.2 Å². The van der Waals surface area contributed by atoms with E-state index in [4.69, 9.17) is 5.73 Å². The SMILES string of the molecule is Cc1cnc(CN(C)C(=O)c2ccc(S(=O)(=O)N3CCC(N)C3)cc2)[nH]1.Cl.Cl. The Balaban J connectivity index is 0.00000196. The Morgan fingerprint density at radius 3 is 2.46 bits per heavy atom. The number of nitrogens with one attached hydrogen (secondary N) is 1. The van der Waals surface area contributed by atoms with Gasteiger partial charge in [-0.15, -0.1) is 24.8 Å². The third kappa shape index (κ3) is 5.24. The predicted molar refractivity (Wildman–Crippen MR) is 111 cm³/mol. The zero-order chi connectivity index (χ0) is 18.9. The van der Waals surface area contributed by atoms with Crippen molar-refractivity contribution in [1.29, 1.82) is 0 Å². The number of benzene rings is 1. The van der Waals surface area contributed by atoms with E-state index in [2.05, 4.69) is 9.97 Å². The number of hydrogen-bond acceptors (Lipinski definition) is 5. The van der Waals surface area contributed by atoms with Crippen LogP contribution in [0.15, 0.2) is 35.4 Å². The Morgan fingerprint density at radius 2 is 1.96 bits per heavy atom. The summed E-state index contributed by atoms with van der Waals surface area (Å²) >= 11 is 0. The van der Waals surface area contributed by atoms with Crippen molar-refractivity contribution in [2.24, 2.45) is 5.73 Å². The highest BCUT2D eigenvalue weighted by Crippen LogP contribution is 2.21. The van der Waals surface area contributed by atoms with Crippen LogP contribution in [0.4, 0.5) is 0 Å². The van der Waals surface area contributed by atoms with Crippen molar-refractivity contribution in [2.45, 2.75) is 30.8 Å². The van der Waals surface area contributed by atoms with Gasteiger partial charge in [0.15, 0.2) is 0 Å². The maximum atomic E-state index is 12.6. The molecule has 1 aromatic carbocycles. The lowest BCUT2D eigenvalue weighted by Gasteiger charge is -2.18. The number of halogens is 2. The average Bonchev–Trinajstić information content (AvgIpc) is 3.23. The van der Waals surface area contributed by atoms with Crippen LogP contribution in [0.5, 0.6) is 0 Å². The van der Waals surface area contributed by atoms with Crippen molar-refractivity contribution in [3.05, 3.63) is 47.5 Å². The van der Waals surface area contributed by atoms with E-state index in [9.17, 15) is 13.2 Å². The molecule has 8 nitrogen and oxygen atoms in total. The monoisotopic (exact) mass is 449 g/mol. The van der Waals surface area contributed by atoms with Gasteiger partial charge in [0.25, 0.3) is 5.91 Å². The second-order valence-electron chi connectivity index (χ2n) is 6.61. The second-order valence-corrected chi connectivity index (χ2v) is 8.55. The lowest BCUT2D eigenvalue weighted by Crippen LogP contribution is -2.32. The van der Waals surface area contributed by atoms with Crippen molar-refractivity contribution in [3.8, 4) is 0 Å². The van der Waals surface area contributed by atoms with Gasteiger partial charge in [-0.2, -0.15) is 4.31 Å². The summed E-state index contributed by atoms with van der Waals surface area (Å²) in [4.78, 5) is 21.5. The zero-order valence-electron chi connectivity index (χ0n) is 15.7. The van der Waals surface area contributed by atoms with E-state index in [1.54, 1.807) is 13.2 Å². The third-order valence-corrected chi connectivity index (χ3v) is 6.29. The first-order chi connectivity index (χ1) is 12.3. The highest BCUT2D eigenvalue weighted by atomic mass is 35.5. The number of carbonyl (C=O) groups is 1. The summed E-state index contributed by atoms with van der Waals surface area (Å²) in [6.07, 6.45) is 2.37. The minimum Gasteiger partial charge on any atom is -0.345 e. The van der Waals surface area contributed by atoms with Crippen LogP contribution in [0.3, 0.4) is 0 Å². The predicted octanol–water partition coefficient (Wildman–Crippen LogP) is 1.56. The Hall–Kier alpha value is -1.65. The molecule has 3 rings (SSSR count). The van der Waals surface area contributed by atoms with Crippen LogP contribution in [0.2, 0.25) is 0 Å². The van der Waals surface area contributed by atoms with Crippen molar-refractivity contribution in [1.82, 2.24) is 19.2 Å². The van der Waals surface area contributed by atoms with E-state index in [0.29, 0.717) is 37.4 Å². The molecule has 1 aliphatic rings. The Labute approximate surface area is 177 Å². The molecular formula is C17H25Cl2N5O3S. The summed E-state index contributed by atoms with van der Waals surface area (Å²) in [5, 5.41) is 0. The number of aromatic amines is 1. The van der Waals surface area contributed by atoms with Crippen molar-refractivity contribution >= 4 is 40.7 Å². The lowest BCUT2D eigenvalue weighted by molar-refractivity contribution is 0.0781. The van der Waals surface area contributed by atoms with Crippen molar-refractivity contribution in [3.63, 3.8) is 0 Å². The molecule has 1 fully saturated rings. The summed E-state index contributed by atoms with van der Waals surface area (Å²) in [5.41, 5.74) is 7.15. The molecule has 28 heavy (non-hydrogen) atoms. The summed E-state index contributed by atoms with van der Waals surface area (Å²) < 4.78 is 26.6. The number of aromatic nitrogens is 2. The van der Waals surface area contributed by atoms with Crippen LogP contribution in [0.1, 0.15) is 28.3 Å². The number of rotatable bonds is 5. The van der Waals surface area contributed by atoms with Gasteiger partial charge in [-0.1, -0.05) is 0 Å². The van der Waals surface area contributed by atoms with Gasteiger partial charge in [-0.25, -0.2) is 13.4 Å². The second kappa shape index (κ2) is 9.71. The van der Waals surface area contributed by atoms with Gasteiger partial charge in [0, 0.05) is 43.6 Å². The molecule has 2 aromatic rings. The molecule has 1 atom stereocenters. The Bertz CT molecular complexity index is 902. The fourth-order valence-corrected chi connectivity index (χ4v) is 4.47. The molecule has 0 aliphatic carbocycles. The highest BCUT2D eigenvalue weighted by Gasteiger charge is 2.31. The number of nitrogens with zero attached hydrogens (tertiary/aromatic N) is 3. The number of sulfonamides is 1. The van der Waals surface area contributed by atoms with Crippen molar-refractivity contribution in [2.75, 3.05) is 20.1 Å². The fourth-order valence-electron chi connectivity index (χ4n) is 2.95. The topological polar surface area (TPSA) is 112 Å². The van der Waals surface area contributed by atoms with Crippen LogP contribution < -0.4 is 5.73 Å². The molecule has 11 heteroatoms. The lowest BCUT2D eigenvalue weighted by atomic mass is 10.2. The van der Waals surface area contributed by atoms with Gasteiger partial charge in [0.05, 0.1) is 11.4 Å². The number of hydrogen-bond donors (Lipinski definition) is 2. The molecule has 1 saturated heterocycles. The number of carbonyl (C=O) groups excluding carboxylic acids is 1. The van der Waals surface area contributed by atoms with Gasteiger partial charge < -0.3 is 15.6 Å². The molecule has 156 valence electrons. The Morgan fingerprint density at radius 1 is 1.32 bits per heavy atom. The smallest absolute Gasteiger partial charge is 0.254 e. The Kier molecular flexibility index (Phi) is 8.45.